The number of benzene rings is 1. The molecule has 0 fully saturated rings. The van der Waals surface area contributed by atoms with Crippen LogP contribution in [0.2, 0.25) is 5.02 Å². The minimum atomic E-state index is -0.839. The zero-order chi connectivity index (χ0) is 14.2. The van der Waals surface area contributed by atoms with Gasteiger partial charge in [-0.25, -0.2) is 0 Å². The number of hydrogen-bond donors (Lipinski definition) is 1. The zero-order valence-electron chi connectivity index (χ0n) is 9.56. The molecule has 0 saturated carbocycles. The van der Waals surface area contributed by atoms with Gasteiger partial charge in [-0.1, -0.05) is 0 Å². The van der Waals surface area contributed by atoms with Crippen molar-refractivity contribution >= 4 is 40.5 Å². The monoisotopic (exact) mass is 474 g/mol. The van der Waals surface area contributed by atoms with Crippen molar-refractivity contribution in [2.24, 2.45) is 0 Å². The van der Waals surface area contributed by atoms with Gasteiger partial charge in [-0.2, -0.15) is 0 Å². The first kappa shape index (κ1) is 14.4. The molecule has 0 aliphatic heterocycles. The first-order chi connectivity index (χ1) is 8.88. The Morgan fingerprint density at radius 3 is 2.53 bits per heavy atom. The molecule has 0 aliphatic rings. The molecule has 0 amide bonds. The van der Waals surface area contributed by atoms with Gasteiger partial charge in [-0.05, 0) is 0 Å². The van der Waals surface area contributed by atoms with Gasteiger partial charge in [-0.15, -0.1) is 0 Å². The summed E-state index contributed by atoms with van der Waals surface area (Å²) < 4.78 is 27.6. The molecule has 1 aromatic heterocycles. The number of pyridine rings is 1. The fourth-order valence-corrected chi connectivity index (χ4v) is 2.27. The molecule has 6 heteroatoms. The standard InChI is InChI=1S/C13H7ClF2NO.Pb/c1-2-7-3-8(18)4-13(17-7)9-5-10(14)12(16)6-11(9)15;/h3-6H,1H2,(H,17,18);. The van der Waals surface area contributed by atoms with Crippen molar-refractivity contribution in [3.63, 3.8) is 0 Å². The van der Waals surface area contributed by atoms with E-state index in [-0.39, 0.29) is 21.7 Å². The Morgan fingerprint density at radius 2 is 1.89 bits per heavy atom. The molecule has 1 aromatic carbocycles. The summed E-state index contributed by atoms with van der Waals surface area (Å²) in [5.41, 5.74) is 0.571. The van der Waals surface area contributed by atoms with Gasteiger partial charge in [0.25, 0.3) is 0 Å². The van der Waals surface area contributed by atoms with E-state index >= 15 is 0 Å². The van der Waals surface area contributed by atoms with Crippen LogP contribution in [-0.4, -0.2) is 30.8 Å². The van der Waals surface area contributed by atoms with Crippen molar-refractivity contribution in [3.05, 3.63) is 63.4 Å². The molecule has 2 aromatic rings. The van der Waals surface area contributed by atoms with Crippen molar-refractivity contribution in [2.45, 2.75) is 0 Å². The molecule has 0 unspecified atom stereocenters. The van der Waals surface area contributed by atoms with E-state index in [2.05, 4.69) is 11.6 Å². The van der Waals surface area contributed by atoms with Crippen molar-refractivity contribution in [2.75, 3.05) is 0 Å². The molecular weight excluding hydrogens is 467 g/mol. The fourth-order valence-electron chi connectivity index (χ4n) is 1.58. The quantitative estimate of drug-likeness (QED) is 0.528. The average molecular weight is 474 g/mol. The Morgan fingerprint density at radius 1 is 1.21 bits per heavy atom. The number of halogens is 3. The van der Waals surface area contributed by atoms with Crippen LogP contribution < -0.4 is 5.43 Å². The molecule has 95 valence electrons. The van der Waals surface area contributed by atoms with Crippen LogP contribution in [0.25, 0.3) is 14.4 Å². The first-order valence-electron chi connectivity index (χ1n) is 5.18. The number of H-pyrrole nitrogens is 1. The number of nitrogens with one attached hydrogen (secondary N) is 1. The summed E-state index contributed by atoms with van der Waals surface area (Å²) in [6.07, 6.45) is 0. The third-order valence-electron chi connectivity index (χ3n) is 2.47. The predicted molar refractivity (Wildman–Crippen MR) is 72.2 cm³/mol. The number of aromatic amines is 1. The molecular formula is C13H7ClF2NOPb. The molecule has 19 heavy (non-hydrogen) atoms. The fraction of sp³-hybridized carbons (Fsp3) is 0. The van der Waals surface area contributed by atoms with E-state index in [0.717, 1.165) is 9.20 Å². The van der Waals surface area contributed by atoms with Crippen LogP contribution in [0.5, 0.6) is 0 Å². The third-order valence-corrected chi connectivity index (χ3v) is 3.80. The summed E-state index contributed by atoms with van der Waals surface area (Å²) in [6, 6.07) is 4.47. The number of rotatable bonds is 2. The predicted octanol–water partition coefficient (Wildman–Crippen LogP) is 3.11. The molecule has 3 radical (unpaired) electrons. The zero-order valence-corrected chi connectivity index (χ0v) is 14.2. The van der Waals surface area contributed by atoms with Crippen LogP contribution in [0, 0.1) is 11.6 Å². The van der Waals surface area contributed by atoms with Crippen LogP contribution in [0.3, 0.4) is 0 Å². The van der Waals surface area contributed by atoms with E-state index in [0.29, 0.717) is 37.5 Å². The summed E-state index contributed by atoms with van der Waals surface area (Å²) in [5.74, 6) is -1.62. The van der Waals surface area contributed by atoms with Crippen LogP contribution in [-0.2, 0) is 0 Å². The Balaban J connectivity index is 2.68. The Kier molecular flexibility index (Phi) is 4.20. The van der Waals surface area contributed by atoms with Crippen molar-refractivity contribution < 1.29 is 8.78 Å². The SMILES string of the molecule is C=[C]([Pb])c1cc(=O)cc(-c2cc(Cl)c(F)cc2F)[nH]1. The van der Waals surface area contributed by atoms with Gasteiger partial charge in [0.15, 0.2) is 0 Å². The summed E-state index contributed by atoms with van der Waals surface area (Å²) in [6.45, 7) is 3.77. The first-order valence-corrected chi connectivity index (χ1v) is 7.51. The van der Waals surface area contributed by atoms with Crippen molar-refractivity contribution in [1.29, 1.82) is 0 Å². The summed E-state index contributed by atoms with van der Waals surface area (Å²) in [4.78, 5) is 14.5. The number of aromatic nitrogens is 1. The Labute approximate surface area is 128 Å². The normalized spacial score (nSPS) is 10.5. The summed E-state index contributed by atoms with van der Waals surface area (Å²) >= 11 is 6.30. The molecule has 0 aliphatic carbocycles. The van der Waals surface area contributed by atoms with Crippen molar-refractivity contribution in [3.8, 4) is 11.3 Å². The van der Waals surface area contributed by atoms with Crippen molar-refractivity contribution in [1.82, 2.24) is 4.98 Å². The average Bonchev–Trinajstić information content (AvgIpc) is 2.33. The Bertz CT molecular complexity index is 727. The third kappa shape index (κ3) is 3.11. The van der Waals surface area contributed by atoms with Gasteiger partial charge in [0.2, 0.25) is 0 Å². The molecule has 0 spiro atoms. The molecule has 1 heterocycles. The maximum atomic E-state index is 13.7. The van der Waals surface area contributed by atoms with Crippen LogP contribution in [0.1, 0.15) is 5.69 Å². The van der Waals surface area contributed by atoms with Crippen LogP contribution in [0.15, 0.2) is 35.6 Å². The van der Waals surface area contributed by atoms with Crippen LogP contribution >= 0.6 is 11.6 Å². The Hall–Kier alpha value is -1.02. The van der Waals surface area contributed by atoms with E-state index in [4.69, 9.17) is 11.6 Å². The number of hydrogen-bond acceptors (Lipinski definition) is 1. The topological polar surface area (TPSA) is 32.9 Å². The summed E-state index contributed by atoms with van der Waals surface area (Å²) in [5, 5.41) is -0.202. The minimum absolute atomic E-state index is 0.0493. The van der Waals surface area contributed by atoms with E-state index in [1.54, 1.807) is 0 Å². The van der Waals surface area contributed by atoms with Gasteiger partial charge in [0, 0.05) is 0 Å². The summed E-state index contributed by atoms with van der Waals surface area (Å²) in [7, 11) is 0. The molecule has 2 nitrogen and oxygen atoms in total. The van der Waals surface area contributed by atoms with Gasteiger partial charge in [0.1, 0.15) is 0 Å². The van der Waals surface area contributed by atoms with Gasteiger partial charge < -0.3 is 0 Å². The van der Waals surface area contributed by atoms with Gasteiger partial charge >= 0.3 is 129 Å². The van der Waals surface area contributed by atoms with E-state index < -0.39 is 11.6 Å². The maximum absolute atomic E-state index is 13.7. The van der Waals surface area contributed by atoms with Gasteiger partial charge in [-0.3, -0.25) is 0 Å². The second-order valence-corrected chi connectivity index (χ2v) is 6.62. The molecule has 0 bridgehead atoms. The van der Waals surface area contributed by atoms with E-state index in [9.17, 15) is 13.6 Å². The second-order valence-electron chi connectivity index (χ2n) is 3.87. The van der Waals surface area contributed by atoms with Crippen LogP contribution in [0.4, 0.5) is 8.78 Å². The molecule has 0 saturated heterocycles. The molecule has 1 N–H and O–H groups in total. The van der Waals surface area contributed by atoms with Gasteiger partial charge in [0.05, 0.1) is 0 Å². The molecule has 2 rings (SSSR count). The molecule has 0 atom stereocenters. The second kappa shape index (κ2) is 5.54. The van der Waals surface area contributed by atoms with E-state index in [1.165, 1.54) is 12.1 Å². The van der Waals surface area contributed by atoms with E-state index in [1.807, 2.05) is 0 Å².